The van der Waals surface area contributed by atoms with E-state index >= 15 is 0 Å². The van der Waals surface area contributed by atoms with Crippen molar-refractivity contribution in [3.05, 3.63) is 125 Å². The van der Waals surface area contributed by atoms with E-state index in [1.165, 1.54) is 50.1 Å². The van der Waals surface area contributed by atoms with E-state index in [0.717, 1.165) is 17.4 Å². The van der Waals surface area contributed by atoms with Crippen LogP contribution in [0.25, 0.3) is 21.9 Å². The minimum Gasteiger partial charge on any atom is -0.310 e. The van der Waals surface area contributed by atoms with Crippen LogP contribution < -0.4 is 4.90 Å². The Kier molecular flexibility index (Phi) is 4.43. The van der Waals surface area contributed by atoms with Gasteiger partial charge in [0.25, 0.3) is 0 Å². The maximum atomic E-state index is 11.5. The molecule has 180 valence electrons. The fourth-order valence-corrected chi connectivity index (χ4v) is 6.79. The Morgan fingerprint density at radius 1 is 0.622 bits per heavy atom. The molecular weight excluding hydrogens is 450 g/mol. The minimum absolute atomic E-state index is 0.0671. The molecule has 5 aromatic rings. The number of hydrogen-bond acceptors (Lipinski definition) is 2. The van der Waals surface area contributed by atoms with Crippen LogP contribution >= 0.6 is 0 Å². The van der Waals surface area contributed by atoms with Gasteiger partial charge in [0, 0.05) is 22.1 Å². The second kappa shape index (κ2) is 7.43. The Bertz CT molecular complexity index is 1740. The molecule has 1 aliphatic heterocycles. The van der Waals surface area contributed by atoms with Crippen LogP contribution in [0.1, 0.15) is 60.3 Å². The molecule has 0 bridgehead atoms. The molecule has 0 fully saturated rings. The molecule has 0 saturated carbocycles. The van der Waals surface area contributed by atoms with Crippen molar-refractivity contribution < 1.29 is 4.79 Å². The van der Waals surface area contributed by atoms with Crippen molar-refractivity contribution in [2.75, 3.05) is 4.90 Å². The lowest BCUT2D eigenvalue weighted by Crippen LogP contribution is -2.31. The SMILES string of the molecule is CC1(C)c2ccccc2-c2cc3c(cc21)N(c1ccccc1)c1ccc2cc(C=O)ccc2c1C3(C)C. The smallest absolute Gasteiger partial charge is 0.150 e. The lowest BCUT2D eigenvalue weighted by molar-refractivity contribution is 0.112. The number of carbonyl (C=O) groups excluding carboxylic acids is 1. The summed E-state index contributed by atoms with van der Waals surface area (Å²) in [6.45, 7) is 9.38. The molecule has 0 atom stereocenters. The van der Waals surface area contributed by atoms with Crippen LogP contribution in [-0.4, -0.2) is 6.29 Å². The third-order valence-corrected chi connectivity index (χ3v) is 8.65. The van der Waals surface area contributed by atoms with E-state index in [9.17, 15) is 4.79 Å². The molecule has 2 aliphatic rings. The van der Waals surface area contributed by atoms with E-state index in [-0.39, 0.29) is 10.8 Å². The molecule has 5 aromatic carbocycles. The standard InChI is InChI=1S/C35H29NO/c1-34(2)28-13-9-8-12-26(28)27-19-30-32(20-29(27)34)36(24-10-6-5-7-11-24)31-17-15-23-18-22(21-37)14-16-25(23)33(31)35(30,3)4/h5-21H,1-4H3. The van der Waals surface area contributed by atoms with Gasteiger partial charge in [-0.1, -0.05) is 88.4 Å². The molecule has 1 heterocycles. The Labute approximate surface area is 218 Å². The summed E-state index contributed by atoms with van der Waals surface area (Å²) in [5.74, 6) is 0. The number of benzene rings is 5. The monoisotopic (exact) mass is 479 g/mol. The number of carbonyl (C=O) groups is 1. The first-order chi connectivity index (χ1) is 17.8. The highest BCUT2D eigenvalue weighted by molar-refractivity contribution is 6.00. The highest BCUT2D eigenvalue weighted by Crippen LogP contribution is 2.58. The summed E-state index contributed by atoms with van der Waals surface area (Å²) in [5.41, 5.74) is 12.1. The molecular formula is C35H29NO. The Morgan fingerprint density at radius 3 is 2.16 bits per heavy atom. The largest absolute Gasteiger partial charge is 0.310 e. The highest BCUT2D eigenvalue weighted by Gasteiger charge is 2.42. The van der Waals surface area contributed by atoms with Crippen LogP contribution in [0.15, 0.2) is 97.1 Å². The van der Waals surface area contributed by atoms with Gasteiger partial charge in [0.15, 0.2) is 0 Å². The topological polar surface area (TPSA) is 20.3 Å². The van der Waals surface area contributed by atoms with E-state index in [0.29, 0.717) is 5.56 Å². The number of nitrogens with zero attached hydrogens (tertiary/aromatic N) is 1. The lowest BCUT2D eigenvalue weighted by atomic mass is 9.70. The fraction of sp³-hybridized carbons (Fsp3) is 0.171. The van der Waals surface area contributed by atoms with E-state index in [4.69, 9.17) is 0 Å². The molecule has 2 heteroatoms. The van der Waals surface area contributed by atoms with Gasteiger partial charge in [0.1, 0.15) is 6.29 Å². The van der Waals surface area contributed by atoms with Crippen molar-refractivity contribution >= 4 is 34.1 Å². The second-order valence-electron chi connectivity index (χ2n) is 11.4. The average molecular weight is 480 g/mol. The van der Waals surface area contributed by atoms with E-state index in [1.54, 1.807) is 0 Å². The molecule has 0 unspecified atom stereocenters. The molecule has 7 rings (SSSR count). The van der Waals surface area contributed by atoms with Gasteiger partial charge in [0.2, 0.25) is 0 Å². The lowest BCUT2D eigenvalue weighted by Gasteiger charge is -2.43. The molecule has 1 aliphatic carbocycles. The van der Waals surface area contributed by atoms with Gasteiger partial charge >= 0.3 is 0 Å². The summed E-state index contributed by atoms with van der Waals surface area (Å²) in [6.07, 6.45) is 0.929. The maximum Gasteiger partial charge on any atom is 0.150 e. The van der Waals surface area contributed by atoms with Crippen LogP contribution in [0.5, 0.6) is 0 Å². The molecule has 0 spiro atoms. The summed E-state index contributed by atoms with van der Waals surface area (Å²) >= 11 is 0. The normalized spacial score (nSPS) is 16.1. The van der Waals surface area contributed by atoms with Gasteiger partial charge in [-0.2, -0.15) is 0 Å². The first kappa shape index (κ1) is 22.1. The predicted octanol–water partition coefficient (Wildman–Crippen LogP) is 9.07. The van der Waals surface area contributed by atoms with E-state index < -0.39 is 0 Å². The number of anilines is 3. The van der Waals surface area contributed by atoms with Crippen molar-refractivity contribution in [2.24, 2.45) is 0 Å². The molecule has 0 radical (unpaired) electrons. The van der Waals surface area contributed by atoms with Crippen LogP contribution in [0, 0.1) is 0 Å². The molecule has 0 amide bonds. The molecule has 2 nitrogen and oxygen atoms in total. The van der Waals surface area contributed by atoms with Crippen molar-refractivity contribution in [1.82, 2.24) is 0 Å². The number of para-hydroxylation sites is 1. The quantitative estimate of drug-likeness (QED) is 0.235. The second-order valence-corrected chi connectivity index (χ2v) is 11.4. The summed E-state index contributed by atoms with van der Waals surface area (Å²) < 4.78 is 0. The van der Waals surface area contributed by atoms with Gasteiger partial charge in [-0.25, -0.2) is 0 Å². The molecule has 0 saturated heterocycles. The summed E-state index contributed by atoms with van der Waals surface area (Å²) in [5, 5.41) is 2.29. The third-order valence-electron chi connectivity index (χ3n) is 8.65. The molecule has 37 heavy (non-hydrogen) atoms. The fourth-order valence-electron chi connectivity index (χ4n) is 6.79. The van der Waals surface area contributed by atoms with Crippen molar-refractivity contribution in [1.29, 1.82) is 0 Å². The van der Waals surface area contributed by atoms with Gasteiger partial charge in [-0.3, -0.25) is 4.79 Å². The van der Waals surface area contributed by atoms with Crippen LogP contribution in [0.2, 0.25) is 0 Å². The molecule has 0 N–H and O–H groups in total. The number of fused-ring (bicyclic) bond motifs is 7. The highest BCUT2D eigenvalue weighted by atomic mass is 16.1. The van der Waals surface area contributed by atoms with E-state index in [2.05, 4.69) is 118 Å². The van der Waals surface area contributed by atoms with Crippen LogP contribution in [0.4, 0.5) is 17.1 Å². The summed E-state index contributed by atoms with van der Waals surface area (Å²) in [6, 6.07) is 34.9. The van der Waals surface area contributed by atoms with Crippen molar-refractivity contribution in [2.45, 2.75) is 38.5 Å². The van der Waals surface area contributed by atoms with Crippen LogP contribution in [0.3, 0.4) is 0 Å². The van der Waals surface area contributed by atoms with Gasteiger partial charge in [-0.15, -0.1) is 0 Å². The average Bonchev–Trinajstić information content (AvgIpc) is 3.14. The predicted molar refractivity (Wildman–Crippen MR) is 154 cm³/mol. The minimum atomic E-state index is -0.241. The first-order valence-electron chi connectivity index (χ1n) is 13.0. The summed E-state index contributed by atoms with van der Waals surface area (Å²) in [4.78, 5) is 14.0. The van der Waals surface area contributed by atoms with Crippen LogP contribution in [-0.2, 0) is 10.8 Å². The van der Waals surface area contributed by atoms with Crippen molar-refractivity contribution in [3.63, 3.8) is 0 Å². The number of aldehydes is 1. The zero-order chi connectivity index (χ0) is 25.5. The zero-order valence-electron chi connectivity index (χ0n) is 21.7. The number of hydrogen-bond donors (Lipinski definition) is 0. The first-order valence-corrected chi connectivity index (χ1v) is 13.0. The third kappa shape index (κ3) is 2.90. The van der Waals surface area contributed by atoms with Gasteiger partial charge in [-0.05, 0) is 80.6 Å². The number of rotatable bonds is 2. The zero-order valence-corrected chi connectivity index (χ0v) is 21.7. The van der Waals surface area contributed by atoms with E-state index in [1.807, 2.05) is 12.1 Å². The Morgan fingerprint density at radius 2 is 1.38 bits per heavy atom. The summed E-state index contributed by atoms with van der Waals surface area (Å²) in [7, 11) is 0. The van der Waals surface area contributed by atoms with Gasteiger partial charge in [0.05, 0.1) is 11.4 Å². The van der Waals surface area contributed by atoms with Gasteiger partial charge < -0.3 is 4.90 Å². The van der Waals surface area contributed by atoms with Crippen molar-refractivity contribution in [3.8, 4) is 11.1 Å². The maximum absolute atomic E-state index is 11.5. The molecule has 0 aromatic heterocycles. The Balaban J connectivity index is 1.59. The Hall–Kier alpha value is -4.17.